The molecule has 0 aliphatic carbocycles. The fourth-order valence-corrected chi connectivity index (χ4v) is 3.46. The molecule has 2 aromatic heterocycles. The zero-order valence-electron chi connectivity index (χ0n) is 13.2. The Hall–Kier alpha value is -2.15. The van der Waals surface area contributed by atoms with Gasteiger partial charge in [-0.25, -0.2) is 4.98 Å². The van der Waals surface area contributed by atoms with Gasteiger partial charge in [0, 0.05) is 31.4 Å². The maximum Gasteiger partial charge on any atom is 0.265 e. The van der Waals surface area contributed by atoms with E-state index in [0.717, 1.165) is 25.9 Å². The first kappa shape index (κ1) is 15.7. The maximum absolute atomic E-state index is 12.5. The lowest BCUT2D eigenvalue weighted by Gasteiger charge is -2.31. The van der Waals surface area contributed by atoms with Gasteiger partial charge in [0.05, 0.1) is 14.2 Å². The van der Waals surface area contributed by atoms with Crippen molar-refractivity contribution in [2.24, 2.45) is 0 Å². The van der Waals surface area contributed by atoms with Crippen LogP contribution in [0, 0.1) is 0 Å². The number of carbonyl (C=O) groups excluding carboxylic acids is 1. The Bertz CT molecular complexity index is 663. The van der Waals surface area contributed by atoms with E-state index in [9.17, 15) is 4.79 Å². The number of hydrogen-bond donors (Lipinski definition) is 0. The molecule has 0 N–H and O–H groups in total. The van der Waals surface area contributed by atoms with Gasteiger partial charge >= 0.3 is 0 Å². The summed E-state index contributed by atoms with van der Waals surface area (Å²) in [5.41, 5.74) is 1.21. The van der Waals surface area contributed by atoms with Crippen LogP contribution in [0.5, 0.6) is 11.8 Å². The number of nitrogens with zero attached hydrogens (tertiary/aromatic N) is 3. The summed E-state index contributed by atoms with van der Waals surface area (Å²) in [6, 6.07) is 5.64. The fraction of sp³-hybridized carbons (Fsp3) is 0.438. The van der Waals surface area contributed by atoms with Crippen LogP contribution < -0.4 is 9.47 Å². The second-order valence-electron chi connectivity index (χ2n) is 5.43. The number of pyridine rings is 1. The molecule has 1 aliphatic rings. The highest BCUT2D eigenvalue weighted by Crippen LogP contribution is 2.29. The average molecular weight is 333 g/mol. The molecule has 1 aliphatic heterocycles. The third kappa shape index (κ3) is 3.44. The highest BCUT2D eigenvalue weighted by molar-refractivity contribution is 7.08. The summed E-state index contributed by atoms with van der Waals surface area (Å²) in [6.07, 6.45) is 3.75. The summed E-state index contributed by atoms with van der Waals surface area (Å²) in [5.74, 6) is 1.60. The van der Waals surface area contributed by atoms with E-state index in [0.29, 0.717) is 22.6 Å². The van der Waals surface area contributed by atoms with Crippen LogP contribution in [0.4, 0.5) is 0 Å². The Labute approximate surface area is 139 Å². The van der Waals surface area contributed by atoms with E-state index in [1.807, 2.05) is 17.2 Å². The van der Waals surface area contributed by atoms with Crippen molar-refractivity contribution in [1.29, 1.82) is 0 Å². The summed E-state index contributed by atoms with van der Waals surface area (Å²) < 4.78 is 14.2. The highest BCUT2D eigenvalue weighted by Gasteiger charge is 2.26. The zero-order valence-corrected chi connectivity index (χ0v) is 14.0. The first-order valence-corrected chi connectivity index (χ1v) is 8.28. The quantitative estimate of drug-likeness (QED) is 0.860. The number of piperidine rings is 1. The van der Waals surface area contributed by atoms with Crippen molar-refractivity contribution in [3.05, 3.63) is 34.8 Å². The molecule has 23 heavy (non-hydrogen) atoms. The molecule has 6 nitrogen and oxygen atoms in total. The van der Waals surface area contributed by atoms with Gasteiger partial charge in [-0.05, 0) is 35.9 Å². The van der Waals surface area contributed by atoms with Crippen LogP contribution in [0.2, 0.25) is 0 Å². The topological polar surface area (TPSA) is 64.5 Å². The molecule has 0 unspecified atom stereocenters. The number of amides is 1. The molecular formula is C16H19N3O3S. The third-order valence-electron chi connectivity index (χ3n) is 4.13. The van der Waals surface area contributed by atoms with Crippen molar-refractivity contribution in [3.8, 4) is 11.8 Å². The lowest BCUT2D eigenvalue weighted by Crippen LogP contribution is -2.37. The molecule has 122 valence electrons. The molecule has 0 saturated carbocycles. The molecule has 0 bridgehead atoms. The van der Waals surface area contributed by atoms with Gasteiger partial charge in [0.2, 0.25) is 11.8 Å². The minimum Gasteiger partial charge on any atom is -0.481 e. The largest absolute Gasteiger partial charge is 0.481 e. The van der Waals surface area contributed by atoms with Gasteiger partial charge in [0.15, 0.2) is 0 Å². The van der Waals surface area contributed by atoms with E-state index in [2.05, 4.69) is 15.4 Å². The van der Waals surface area contributed by atoms with Gasteiger partial charge in [0.25, 0.3) is 5.91 Å². The van der Waals surface area contributed by atoms with Crippen LogP contribution in [-0.2, 0) is 0 Å². The molecule has 3 rings (SSSR count). The first-order valence-electron chi connectivity index (χ1n) is 7.51. The van der Waals surface area contributed by atoms with Gasteiger partial charge in [-0.15, -0.1) is 0 Å². The molecule has 0 aromatic carbocycles. The molecule has 0 radical (unpaired) electrons. The second kappa shape index (κ2) is 6.95. The number of rotatable bonds is 4. The molecular weight excluding hydrogens is 314 g/mol. The third-order valence-corrected chi connectivity index (χ3v) is 4.89. The van der Waals surface area contributed by atoms with Crippen molar-refractivity contribution in [3.63, 3.8) is 0 Å². The maximum atomic E-state index is 12.5. The SMILES string of the molecule is COc1ccc(C2CCN(C(=O)c3cc(OC)ns3)CC2)cn1. The van der Waals surface area contributed by atoms with Crippen LogP contribution in [0.15, 0.2) is 24.4 Å². The Morgan fingerprint density at radius 2 is 1.96 bits per heavy atom. The van der Waals surface area contributed by atoms with E-state index in [-0.39, 0.29) is 5.91 Å². The van der Waals surface area contributed by atoms with Crippen LogP contribution in [0.1, 0.15) is 34.0 Å². The molecule has 1 amide bonds. The molecule has 7 heteroatoms. The monoisotopic (exact) mass is 333 g/mol. The van der Waals surface area contributed by atoms with E-state index in [1.54, 1.807) is 20.3 Å². The first-order chi connectivity index (χ1) is 11.2. The standard InChI is InChI=1S/C16H19N3O3S/c1-21-14-4-3-12(10-17-14)11-5-7-19(8-6-11)16(20)13-9-15(22-2)18-23-13/h3-4,9-11H,5-8H2,1-2H3. The second-order valence-corrected chi connectivity index (χ2v) is 6.24. The number of ether oxygens (including phenoxy) is 2. The average Bonchev–Trinajstić information content (AvgIpc) is 3.10. The van der Waals surface area contributed by atoms with Crippen molar-refractivity contribution in [1.82, 2.24) is 14.3 Å². The van der Waals surface area contributed by atoms with Gasteiger partial charge in [-0.1, -0.05) is 6.07 Å². The predicted octanol–water partition coefficient (Wildman–Crippen LogP) is 2.58. The van der Waals surface area contributed by atoms with Gasteiger partial charge in [0.1, 0.15) is 4.88 Å². The number of hydrogen-bond acceptors (Lipinski definition) is 6. The highest BCUT2D eigenvalue weighted by atomic mass is 32.1. The number of likely N-dealkylation sites (tertiary alicyclic amines) is 1. The lowest BCUT2D eigenvalue weighted by atomic mass is 9.90. The Morgan fingerprint density at radius 1 is 1.22 bits per heavy atom. The Kier molecular flexibility index (Phi) is 4.76. The van der Waals surface area contributed by atoms with Gasteiger partial charge < -0.3 is 14.4 Å². The molecule has 1 saturated heterocycles. The van der Waals surface area contributed by atoms with Crippen LogP contribution in [0.3, 0.4) is 0 Å². The van der Waals surface area contributed by atoms with Gasteiger partial charge in [-0.3, -0.25) is 4.79 Å². The number of methoxy groups -OCH3 is 2. The molecule has 3 heterocycles. The smallest absolute Gasteiger partial charge is 0.265 e. The number of carbonyl (C=O) groups is 1. The van der Waals surface area contributed by atoms with E-state index in [4.69, 9.17) is 9.47 Å². The lowest BCUT2D eigenvalue weighted by molar-refractivity contribution is 0.0717. The van der Waals surface area contributed by atoms with Crippen molar-refractivity contribution in [2.75, 3.05) is 27.3 Å². The van der Waals surface area contributed by atoms with E-state index >= 15 is 0 Å². The number of aromatic nitrogens is 2. The van der Waals surface area contributed by atoms with Crippen molar-refractivity contribution in [2.45, 2.75) is 18.8 Å². The molecule has 0 spiro atoms. The van der Waals surface area contributed by atoms with Crippen LogP contribution in [-0.4, -0.2) is 47.5 Å². The Balaban J connectivity index is 1.60. The molecule has 0 atom stereocenters. The Morgan fingerprint density at radius 3 is 2.52 bits per heavy atom. The molecule has 2 aromatic rings. The van der Waals surface area contributed by atoms with Crippen LogP contribution in [0.25, 0.3) is 0 Å². The van der Waals surface area contributed by atoms with Crippen molar-refractivity contribution < 1.29 is 14.3 Å². The summed E-state index contributed by atoms with van der Waals surface area (Å²) >= 11 is 1.19. The van der Waals surface area contributed by atoms with E-state index < -0.39 is 0 Å². The van der Waals surface area contributed by atoms with Crippen LogP contribution >= 0.6 is 11.5 Å². The summed E-state index contributed by atoms with van der Waals surface area (Å²) in [7, 11) is 3.16. The molecule has 1 fully saturated rings. The van der Waals surface area contributed by atoms with Crippen molar-refractivity contribution >= 4 is 17.4 Å². The van der Waals surface area contributed by atoms with Gasteiger partial charge in [-0.2, -0.15) is 4.37 Å². The fourth-order valence-electron chi connectivity index (χ4n) is 2.78. The minimum absolute atomic E-state index is 0.0390. The predicted molar refractivity (Wildman–Crippen MR) is 87.3 cm³/mol. The van der Waals surface area contributed by atoms with E-state index in [1.165, 1.54) is 17.1 Å². The summed E-state index contributed by atoms with van der Waals surface area (Å²) in [6.45, 7) is 1.49. The minimum atomic E-state index is 0.0390. The zero-order chi connectivity index (χ0) is 16.2. The summed E-state index contributed by atoms with van der Waals surface area (Å²) in [5, 5.41) is 0. The summed E-state index contributed by atoms with van der Waals surface area (Å²) in [4.78, 5) is 19.3. The normalized spacial score (nSPS) is 15.5.